The van der Waals surface area contributed by atoms with Crippen molar-refractivity contribution in [1.29, 1.82) is 0 Å². The number of carboxylic acids is 1. The van der Waals surface area contributed by atoms with E-state index in [0.717, 1.165) is 37.0 Å². The lowest BCUT2D eigenvalue weighted by atomic mass is 9.86. The van der Waals surface area contributed by atoms with Crippen LogP contribution >= 0.6 is 0 Å². The number of nitrogens with one attached hydrogen (secondary N) is 2. The molecule has 3 rings (SSSR count). The molecule has 23 heavy (non-hydrogen) atoms. The predicted octanol–water partition coefficient (Wildman–Crippen LogP) is 3.22. The number of fused-ring (bicyclic) bond motifs is 1. The predicted molar refractivity (Wildman–Crippen MR) is 92.6 cm³/mol. The molecule has 124 valence electrons. The van der Waals surface area contributed by atoms with E-state index < -0.39 is 5.97 Å². The van der Waals surface area contributed by atoms with E-state index in [1.165, 1.54) is 10.9 Å². The van der Waals surface area contributed by atoms with Crippen LogP contribution in [0.4, 0.5) is 0 Å². The number of hydrogen-bond acceptors (Lipinski definition) is 2. The molecule has 1 aliphatic rings. The molecule has 0 radical (unpaired) electrons. The second kappa shape index (κ2) is 6.75. The number of H-pyrrole nitrogens is 1. The van der Waals surface area contributed by atoms with E-state index in [1.807, 2.05) is 0 Å². The summed E-state index contributed by atoms with van der Waals surface area (Å²) in [4.78, 5) is 15.0. The Morgan fingerprint density at radius 2 is 2.17 bits per heavy atom. The smallest absolute Gasteiger partial charge is 0.307 e. The highest BCUT2D eigenvalue weighted by Crippen LogP contribution is 2.27. The minimum atomic E-state index is -0.671. The molecule has 0 saturated carbocycles. The van der Waals surface area contributed by atoms with Crippen LogP contribution in [0.25, 0.3) is 10.9 Å². The van der Waals surface area contributed by atoms with Crippen LogP contribution in [0.3, 0.4) is 0 Å². The van der Waals surface area contributed by atoms with E-state index in [0.29, 0.717) is 12.3 Å². The molecule has 2 heterocycles. The molecule has 1 fully saturated rings. The van der Waals surface area contributed by atoms with Crippen LogP contribution in [0.15, 0.2) is 24.4 Å². The molecule has 1 saturated heterocycles. The van der Waals surface area contributed by atoms with Gasteiger partial charge >= 0.3 is 5.97 Å². The van der Waals surface area contributed by atoms with E-state index in [1.54, 1.807) is 0 Å². The van der Waals surface area contributed by atoms with Crippen molar-refractivity contribution in [2.75, 3.05) is 13.1 Å². The number of aliphatic carboxylic acids is 1. The molecule has 0 amide bonds. The number of rotatable bonds is 6. The van der Waals surface area contributed by atoms with E-state index in [-0.39, 0.29) is 11.8 Å². The fourth-order valence-corrected chi connectivity index (χ4v) is 3.69. The van der Waals surface area contributed by atoms with Crippen molar-refractivity contribution < 1.29 is 9.90 Å². The highest BCUT2D eigenvalue weighted by molar-refractivity contribution is 5.84. The maximum Gasteiger partial charge on any atom is 0.307 e. The number of carboxylic acid groups (broad SMARTS) is 1. The summed E-state index contributed by atoms with van der Waals surface area (Å²) in [6, 6.07) is 6.33. The largest absolute Gasteiger partial charge is 0.481 e. The lowest BCUT2D eigenvalue weighted by Gasteiger charge is -2.18. The highest BCUT2D eigenvalue weighted by Gasteiger charge is 2.30. The SMILES string of the molecule is CC(C)Cc1c[nH]c2ccc(CC(C(=O)O)C3CCNC3)cc12. The normalized spacial score (nSPS) is 19.5. The Bertz CT molecular complexity index is 684. The fraction of sp³-hybridized carbons (Fsp3) is 0.526. The molecule has 1 aromatic carbocycles. The summed E-state index contributed by atoms with van der Waals surface area (Å²) in [5.74, 6) is -0.122. The van der Waals surface area contributed by atoms with Crippen LogP contribution in [-0.2, 0) is 17.6 Å². The Labute approximate surface area is 137 Å². The van der Waals surface area contributed by atoms with Crippen molar-refractivity contribution in [3.8, 4) is 0 Å². The van der Waals surface area contributed by atoms with Gasteiger partial charge in [-0.15, -0.1) is 0 Å². The number of aromatic nitrogens is 1. The van der Waals surface area contributed by atoms with Crippen molar-refractivity contribution >= 4 is 16.9 Å². The lowest BCUT2D eigenvalue weighted by Crippen LogP contribution is -2.27. The number of carbonyl (C=O) groups is 1. The first kappa shape index (κ1) is 16.1. The zero-order chi connectivity index (χ0) is 16.4. The average Bonchev–Trinajstić information content (AvgIpc) is 3.14. The van der Waals surface area contributed by atoms with Crippen molar-refractivity contribution in [2.24, 2.45) is 17.8 Å². The first-order valence-electron chi connectivity index (χ1n) is 8.57. The van der Waals surface area contributed by atoms with Gasteiger partial charge in [0.2, 0.25) is 0 Å². The van der Waals surface area contributed by atoms with Gasteiger partial charge in [0.15, 0.2) is 0 Å². The first-order valence-corrected chi connectivity index (χ1v) is 8.57. The van der Waals surface area contributed by atoms with Crippen LogP contribution in [0, 0.1) is 17.8 Å². The van der Waals surface area contributed by atoms with Gasteiger partial charge in [-0.2, -0.15) is 0 Å². The van der Waals surface area contributed by atoms with Gasteiger partial charge in [-0.25, -0.2) is 0 Å². The summed E-state index contributed by atoms with van der Waals surface area (Å²) < 4.78 is 0. The van der Waals surface area contributed by atoms with Crippen molar-refractivity contribution in [3.05, 3.63) is 35.5 Å². The standard InChI is InChI=1S/C19H26N2O2/c1-12(2)7-15-11-21-18-4-3-13(8-16(15)18)9-17(19(22)23)14-5-6-20-10-14/h3-4,8,11-12,14,17,20-21H,5-7,9-10H2,1-2H3,(H,22,23). The molecule has 0 spiro atoms. The van der Waals surface area contributed by atoms with Gasteiger partial charge in [-0.05, 0) is 67.4 Å². The van der Waals surface area contributed by atoms with Crippen molar-refractivity contribution in [2.45, 2.75) is 33.1 Å². The number of hydrogen-bond donors (Lipinski definition) is 3. The topological polar surface area (TPSA) is 65.1 Å². The van der Waals surface area contributed by atoms with E-state index >= 15 is 0 Å². The van der Waals surface area contributed by atoms with Gasteiger partial charge in [0.05, 0.1) is 5.92 Å². The molecule has 4 nitrogen and oxygen atoms in total. The van der Waals surface area contributed by atoms with Crippen LogP contribution in [0.2, 0.25) is 0 Å². The molecular weight excluding hydrogens is 288 g/mol. The van der Waals surface area contributed by atoms with Gasteiger partial charge in [0.25, 0.3) is 0 Å². The maximum absolute atomic E-state index is 11.7. The minimum absolute atomic E-state index is 0.240. The molecule has 2 atom stereocenters. The van der Waals surface area contributed by atoms with E-state index in [2.05, 4.69) is 48.5 Å². The molecule has 4 heteroatoms. The third-order valence-electron chi connectivity index (χ3n) is 4.90. The summed E-state index contributed by atoms with van der Waals surface area (Å²) >= 11 is 0. The molecule has 1 aromatic heterocycles. The van der Waals surface area contributed by atoms with Crippen LogP contribution in [0.5, 0.6) is 0 Å². The summed E-state index contributed by atoms with van der Waals surface area (Å²) in [5.41, 5.74) is 3.59. The summed E-state index contributed by atoms with van der Waals surface area (Å²) in [6.45, 7) is 6.19. The average molecular weight is 314 g/mol. The highest BCUT2D eigenvalue weighted by atomic mass is 16.4. The zero-order valence-corrected chi connectivity index (χ0v) is 13.9. The molecule has 2 unspecified atom stereocenters. The molecule has 0 aliphatic carbocycles. The molecule has 3 N–H and O–H groups in total. The van der Waals surface area contributed by atoms with Gasteiger partial charge in [-0.3, -0.25) is 4.79 Å². The van der Waals surface area contributed by atoms with Crippen molar-refractivity contribution in [3.63, 3.8) is 0 Å². The van der Waals surface area contributed by atoms with Gasteiger partial charge < -0.3 is 15.4 Å². The Kier molecular flexibility index (Phi) is 4.71. The summed E-state index contributed by atoms with van der Waals surface area (Å²) in [6.07, 6.45) is 4.70. The Hall–Kier alpha value is -1.81. The van der Waals surface area contributed by atoms with Gasteiger partial charge in [0, 0.05) is 17.1 Å². The lowest BCUT2D eigenvalue weighted by molar-refractivity contribution is -0.143. The summed E-state index contributed by atoms with van der Waals surface area (Å²) in [7, 11) is 0. The van der Waals surface area contributed by atoms with Crippen LogP contribution < -0.4 is 5.32 Å². The van der Waals surface area contributed by atoms with E-state index in [9.17, 15) is 9.90 Å². The Morgan fingerprint density at radius 1 is 1.35 bits per heavy atom. The molecule has 0 bridgehead atoms. The fourth-order valence-electron chi connectivity index (χ4n) is 3.69. The van der Waals surface area contributed by atoms with Gasteiger partial charge in [0.1, 0.15) is 0 Å². The Balaban J connectivity index is 1.85. The number of aromatic amines is 1. The van der Waals surface area contributed by atoms with Crippen LogP contribution in [-0.4, -0.2) is 29.1 Å². The minimum Gasteiger partial charge on any atom is -0.481 e. The van der Waals surface area contributed by atoms with E-state index in [4.69, 9.17) is 0 Å². The monoisotopic (exact) mass is 314 g/mol. The molecule has 1 aliphatic heterocycles. The third-order valence-corrected chi connectivity index (χ3v) is 4.90. The molecular formula is C19H26N2O2. The summed E-state index contributed by atoms with van der Waals surface area (Å²) in [5, 5.41) is 14.1. The van der Waals surface area contributed by atoms with Crippen LogP contribution in [0.1, 0.15) is 31.4 Å². The zero-order valence-electron chi connectivity index (χ0n) is 13.9. The van der Waals surface area contributed by atoms with Gasteiger partial charge in [-0.1, -0.05) is 19.9 Å². The second-order valence-corrected chi connectivity index (χ2v) is 7.19. The quantitative estimate of drug-likeness (QED) is 0.767. The molecule has 2 aromatic rings. The number of benzene rings is 1. The first-order chi connectivity index (χ1) is 11.0. The Morgan fingerprint density at radius 3 is 2.83 bits per heavy atom. The maximum atomic E-state index is 11.7. The third kappa shape index (κ3) is 3.58. The second-order valence-electron chi connectivity index (χ2n) is 7.19. The van der Waals surface area contributed by atoms with Crippen molar-refractivity contribution in [1.82, 2.24) is 10.3 Å².